The smallest absolute Gasteiger partial charge is 0.251 e. The minimum absolute atomic E-state index is 0.0668. The van der Waals surface area contributed by atoms with E-state index in [-0.39, 0.29) is 11.8 Å². The molecule has 2 amide bonds. The van der Waals surface area contributed by atoms with Gasteiger partial charge in [-0.15, -0.1) is 0 Å². The van der Waals surface area contributed by atoms with Gasteiger partial charge in [0.1, 0.15) is 0 Å². The Morgan fingerprint density at radius 3 is 2.27 bits per heavy atom. The molecule has 0 spiro atoms. The monoisotopic (exact) mass is 371 g/mol. The van der Waals surface area contributed by atoms with Crippen LogP contribution in [0, 0.1) is 0 Å². The van der Waals surface area contributed by atoms with Gasteiger partial charge in [-0.1, -0.05) is 41.9 Å². The summed E-state index contributed by atoms with van der Waals surface area (Å²) in [5, 5.41) is 3.53. The van der Waals surface area contributed by atoms with Crippen molar-refractivity contribution in [3.05, 3.63) is 65.2 Å². The van der Waals surface area contributed by atoms with Gasteiger partial charge in [-0.2, -0.15) is 0 Å². The van der Waals surface area contributed by atoms with E-state index in [1.165, 1.54) is 0 Å². The zero-order valence-corrected chi connectivity index (χ0v) is 15.3. The number of halogens is 1. The lowest BCUT2D eigenvalue weighted by molar-refractivity contribution is -0.131. The lowest BCUT2D eigenvalue weighted by atomic mass is 10.2. The van der Waals surface area contributed by atoms with Crippen molar-refractivity contribution in [2.75, 3.05) is 37.6 Å². The number of nitrogens with one attached hydrogen (secondary N) is 1. The number of rotatable bonds is 5. The molecule has 0 aliphatic carbocycles. The number of carbonyl (C=O) groups is 2. The summed E-state index contributed by atoms with van der Waals surface area (Å²) < 4.78 is 0. The van der Waals surface area contributed by atoms with Crippen molar-refractivity contribution in [3.8, 4) is 0 Å². The molecule has 2 aromatic carbocycles. The van der Waals surface area contributed by atoms with Crippen LogP contribution >= 0.6 is 11.6 Å². The van der Waals surface area contributed by atoms with Gasteiger partial charge in [-0.25, -0.2) is 0 Å². The fraction of sp³-hybridized carbons (Fsp3) is 0.300. The van der Waals surface area contributed by atoms with E-state index in [0.29, 0.717) is 31.6 Å². The van der Waals surface area contributed by atoms with Crippen molar-refractivity contribution in [2.45, 2.75) is 6.42 Å². The summed E-state index contributed by atoms with van der Waals surface area (Å²) in [6.45, 7) is 3.18. The van der Waals surface area contributed by atoms with Gasteiger partial charge >= 0.3 is 0 Å². The zero-order chi connectivity index (χ0) is 18.4. The first-order valence-electron chi connectivity index (χ1n) is 8.75. The maximum absolute atomic E-state index is 12.4. The zero-order valence-electron chi connectivity index (χ0n) is 14.5. The average molecular weight is 372 g/mol. The molecular formula is C20H22ClN3O2. The first-order chi connectivity index (χ1) is 12.6. The van der Waals surface area contributed by atoms with Crippen LogP contribution in [0.1, 0.15) is 16.8 Å². The molecule has 0 radical (unpaired) electrons. The van der Waals surface area contributed by atoms with Crippen molar-refractivity contribution in [1.82, 2.24) is 10.2 Å². The summed E-state index contributed by atoms with van der Waals surface area (Å²) >= 11 is 6.24. The molecular weight excluding hydrogens is 350 g/mol. The van der Waals surface area contributed by atoms with E-state index in [1.807, 2.05) is 47.4 Å². The lowest BCUT2D eigenvalue weighted by Gasteiger charge is -2.36. The van der Waals surface area contributed by atoms with E-state index < -0.39 is 0 Å². The Morgan fingerprint density at radius 2 is 1.58 bits per heavy atom. The van der Waals surface area contributed by atoms with Gasteiger partial charge in [0, 0.05) is 44.7 Å². The van der Waals surface area contributed by atoms with E-state index in [9.17, 15) is 9.59 Å². The third-order valence-corrected chi connectivity index (χ3v) is 4.81. The Hall–Kier alpha value is -2.53. The van der Waals surface area contributed by atoms with E-state index in [2.05, 4.69) is 10.2 Å². The van der Waals surface area contributed by atoms with Crippen molar-refractivity contribution in [1.29, 1.82) is 0 Å². The number of hydrogen-bond donors (Lipinski definition) is 1. The van der Waals surface area contributed by atoms with Crippen LogP contribution < -0.4 is 10.2 Å². The molecule has 1 aliphatic rings. The van der Waals surface area contributed by atoms with Crippen LogP contribution in [0.15, 0.2) is 54.6 Å². The molecule has 0 atom stereocenters. The second-order valence-electron chi connectivity index (χ2n) is 6.19. The van der Waals surface area contributed by atoms with Crippen LogP contribution in [0.2, 0.25) is 5.02 Å². The average Bonchev–Trinajstić information content (AvgIpc) is 2.69. The minimum Gasteiger partial charge on any atom is -0.367 e. The molecule has 1 heterocycles. The number of amides is 2. The molecule has 0 aromatic heterocycles. The van der Waals surface area contributed by atoms with Gasteiger partial charge in [-0.05, 0) is 24.3 Å². The largest absolute Gasteiger partial charge is 0.367 e. The van der Waals surface area contributed by atoms with Gasteiger partial charge in [0.2, 0.25) is 5.91 Å². The van der Waals surface area contributed by atoms with Gasteiger partial charge in [0.25, 0.3) is 5.91 Å². The molecule has 26 heavy (non-hydrogen) atoms. The van der Waals surface area contributed by atoms with Crippen LogP contribution in [0.5, 0.6) is 0 Å². The molecule has 6 heteroatoms. The second kappa shape index (κ2) is 8.72. The molecule has 1 fully saturated rings. The number of carbonyl (C=O) groups excluding carboxylic acids is 2. The Labute approximate surface area is 158 Å². The molecule has 0 bridgehead atoms. The molecule has 5 nitrogen and oxygen atoms in total. The summed E-state index contributed by atoms with van der Waals surface area (Å²) in [5.41, 5.74) is 1.62. The van der Waals surface area contributed by atoms with Crippen LogP contribution in [-0.2, 0) is 4.79 Å². The number of benzene rings is 2. The predicted octanol–water partition coefficient (Wildman–Crippen LogP) is 2.81. The molecule has 0 saturated carbocycles. The van der Waals surface area contributed by atoms with E-state index in [1.54, 1.807) is 12.1 Å². The van der Waals surface area contributed by atoms with Crippen molar-refractivity contribution >= 4 is 29.1 Å². The molecule has 1 N–H and O–H groups in total. The Bertz CT molecular complexity index is 759. The van der Waals surface area contributed by atoms with E-state index in [0.717, 1.165) is 23.8 Å². The second-order valence-corrected chi connectivity index (χ2v) is 6.60. The van der Waals surface area contributed by atoms with Crippen LogP contribution in [-0.4, -0.2) is 49.4 Å². The van der Waals surface area contributed by atoms with Gasteiger partial charge in [-0.3, -0.25) is 9.59 Å². The maximum Gasteiger partial charge on any atom is 0.251 e. The number of nitrogens with zero attached hydrogens (tertiary/aromatic N) is 2. The van der Waals surface area contributed by atoms with Gasteiger partial charge in [0.05, 0.1) is 10.7 Å². The third-order valence-electron chi connectivity index (χ3n) is 4.49. The number of anilines is 1. The Morgan fingerprint density at radius 1 is 0.923 bits per heavy atom. The summed E-state index contributed by atoms with van der Waals surface area (Å²) in [4.78, 5) is 28.4. The van der Waals surface area contributed by atoms with Crippen molar-refractivity contribution in [3.63, 3.8) is 0 Å². The summed E-state index contributed by atoms with van der Waals surface area (Å²) in [5.74, 6) is -0.0842. The Balaban J connectivity index is 1.43. The summed E-state index contributed by atoms with van der Waals surface area (Å²) in [7, 11) is 0. The number of piperazine rings is 1. The normalized spacial score (nSPS) is 14.2. The van der Waals surface area contributed by atoms with Crippen LogP contribution in [0.25, 0.3) is 0 Å². The highest BCUT2D eigenvalue weighted by Gasteiger charge is 2.22. The van der Waals surface area contributed by atoms with Gasteiger partial charge < -0.3 is 15.1 Å². The van der Waals surface area contributed by atoms with Crippen LogP contribution in [0.3, 0.4) is 0 Å². The first-order valence-corrected chi connectivity index (χ1v) is 9.13. The predicted molar refractivity (Wildman–Crippen MR) is 104 cm³/mol. The van der Waals surface area contributed by atoms with E-state index in [4.69, 9.17) is 11.6 Å². The van der Waals surface area contributed by atoms with Gasteiger partial charge in [0.15, 0.2) is 0 Å². The standard InChI is InChI=1S/C20H22ClN3O2/c21-17-8-4-5-9-18(17)23-12-14-24(15-13-23)19(25)10-11-22-20(26)16-6-2-1-3-7-16/h1-9H,10-15H2,(H,22,26). The molecule has 1 aliphatic heterocycles. The fourth-order valence-electron chi connectivity index (χ4n) is 3.04. The SMILES string of the molecule is O=C(NCCC(=O)N1CCN(c2ccccc2Cl)CC1)c1ccccc1. The van der Waals surface area contributed by atoms with Crippen LogP contribution in [0.4, 0.5) is 5.69 Å². The highest BCUT2D eigenvalue weighted by molar-refractivity contribution is 6.33. The highest BCUT2D eigenvalue weighted by Crippen LogP contribution is 2.26. The highest BCUT2D eigenvalue weighted by atomic mass is 35.5. The molecule has 1 saturated heterocycles. The first kappa shape index (κ1) is 18.3. The minimum atomic E-state index is -0.151. The fourth-order valence-corrected chi connectivity index (χ4v) is 3.29. The molecule has 3 rings (SSSR count). The third kappa shape index (κ3) is 4.55. The quantitative estimate of drug-likeness (QED) is 0.879. The molecule has 0 unspecified atom stereocenters. The number of para-hydroxylation sites is 1. The summed E-state index contributed by atoms with van der Waals surface area (Å²) in [6.07, 6.45) is 0.310. The lowest BCUT2D eigenvalue weighted by Crippen LogP contribution is -2.49. The maximum atomic E-state index is 12.4. The topological polar surface area (TPSA) is 52.7 Å². The van der Waals surface area contributed by atoms with Crippen molar-refractivity contribution in [2.24, 2.45) is 0 Å². The summed E-state index contributed by atoms with van der Waals surface area (Å²) in [6, 6.07) is 16.8. The Kier molecular flexibility index (Phi) is 6.12. The molecule has 2 aromatic rings. The number of hydrogen-bond acceptors (Lipinski definition) is 3. The van der Waals surface area contributed by atoms with E-state index >= 15 is 0 Å². The van der Waals surface area contributed by atoms with Crippen molar-refractivity contribution < 1.29 is 9.59 Å². The molecule has 136 valence electrons.